The van der Waals surface area contributed by atoms with Gasteiger partial charge < -0.3 is 34.2 Å². The number of allylic oxidation sites excluding steroid dienone is 24. The molecule has 0 aromatic heterocycles. The molecule has 0 bridgehead atoms. The van der Waals surface area contributed by atoms with Crippen LogP contribution in [0, 0.1) is 0 Å². The maximum absolute atomic E-state index is 12.9. The van der Waals surface area contributed by atoms with Gasteiger partial charge in [0.15, 0.2) is 6.10 Å². The fourth-order valence-corrected chi connectivity index (χ4v) is 10.3. The molecule has 93 heavy (non-hydrogen) atoms. The molecule has 0 aliphatic rings. The second kappa shape index (κ2) is 67.4. The lowest BCUT2D eigenvalue weighted by molar-refractivity contribution is -0.161. The monoisotopic (exact) mass is 1340 g/mol. The molecule has 0 heterocycles. The number of hydrogen-bond acceptors (Lipinski definition) is 14. The molecule has 4 N–H and O–H groups in total. The average Bonchev–Trinajstić information content (AvgIpc) is 3.71. The van der Waals surface area contributed by atoms with Gasteiger partial charge in [-0.25, -0.2) is 9.13 Å². The zero-order valence-electron chi connectivity index (χ0n) is 57.4. The van der Waals surface area contributed by atoms with Crippen molar-refractivity contribution < 1.29 is 75.8 Å². The van der Waals surface area contributed by atoms with Crippen LogP contribution >= 0.6 is 15.6 Å². The Balaban J connectivity index is 4.73. The summed E-state index contributed by atoms with van der Waals surface area (Å²) in [4.78, 5) is 58.5. The molecule has 0 spiro atoms. The minimum Gasteiger partial charge on any atom is -0.463 e. The Morgan fingerprint density at radius 2 is 0.570 bits per heavy atom. The lowest BCUT2D eigenvalue weighted by Crippen LogP contribution is -2.30. The molecule has 5 atom stereocenters. The molecular formula is C75H124O16P2. The van der Waals surface area contributed by atoms with Gasteiger partial charge in [0.05, 0.1) is 26.4 Å². The second-order valence-electron chi connectivity index (χ2n) is 22.9. The largest absolute Gasteiger partial charge is 0.472 e. The first-order chi connectivity index (χ1) is 45.2. The lowest BCUT2D eigenvalue weighted by Gasteiger charge is -2.21. The molecule has 0 aromatic carbocycles. The molecule has 0 aromatic rings. The standard InChI is InChI=1S/C75H124O16P2/c1-4-7-10-13-16-19-22-25-28-30-32-34-36-38-41-43-46-49-52-55-58-61-73(78)85-64-70(76)65-87-92(81,82)88-66-71(77)67-89-93(83,84)90-69-72(91-75(80)63-60-57-54-51-48-45-40-27-24-21-18-15-12-9-6-3)68-86-74(79)62-59-56-53-50-47-44-42-39-37-35-33-31-29-26-23-20-17-14-11-8-5-2/h7-8,10-11,16-21,25-29,32-35,38-42,70-72,76-77H,4-6,9,12-15,22-24,30-31,36-37,43-69H2,1-3H3,(H,81,82)(H,83,84)/b10-7-,11-8-,19-16-,20-17-,21-18-,28-25-,29-26-,34-32-,35-33-,40-27-,41-38-,42-39-. The van der Waals surface area contributed by atoms with E-state index in [0.717, 1.165) is 173 Å². The van der Waals surface area contributed by atoms with Crippen LogP contribution in [0.4, 0.5) is 0 Å². The molecule has 0 aliphatic carbocycles. The van der Waals surface area contributed by atoms with Crippen LogP contribution in [0.25, 0.3) is 0 Å². The topological polar surface area (TPSA) is 231 Å². The number of aliphatic hydroxyl groups is 2. The smallest absolute Gasteiger partial charge is 0.463 e. The van der Waals surface area contributed by atoms with Crippen molar-refractivity contribution in [1.29, 1.82) is 0 Å². The minimum atomic E-state index is -4.94. The summed E-state index contributed by atoms with van der Waals surface area (Å²) >= 11 is 0. The Labute approximate surface area is 562 Å². The predicted octanol–water partition coefficient (Wildman–Crippen LogP) is 19.8. The number of hydrogen-bond donors (Lipinski definition) is 4. The van der Waals surface area contributed by atoms with Gasteiger partial charge in [-0.15, -0.1) is 0 Å². The van der Waals surface area contributed by atoms with Crippen LogP contribution in [0.5, 0.6) is 0 Å². The van der Waals surface area contributed by atoms with Crippen molar-refractivity contribution in [2.75, 3.05) is 39.6 Å². The summed E-state index contributed by atoms with van der Waals surface area (Å²) in [6.07, 6.45) is 80.3. The first-order valence-electron chi connectivity index (χ1n) is 35.1. The predicted molar refractivity (Wildman–Crippen MR) is 380 cm³/mol. The van der Waals surface area contributed by atoms with Crippen molar-refractivity contribution in [3.05, 3.63) is 146 Å². The van der Waals surface area contributed by atoms with Gasteiger partial charge >= 0.3 is 33.6 Å². The minimum absolute atomic E-state index is 0.0787. The van der Waals surface area contributed by atoms with Gasteiger partial charge in [-0.3, -0.25) is 32.5 Å². The van der Waals surface area contributed by atoms with Gasteiger partial charge in [0, 0.05) is 19.3 Å². The maximum atomic E-state index is 12.9. The molecule has 0 amide bonds. The molecular weight excluding hydrogens is 1220 g/mol. The summed E-state index contributed by atoms with van der Waals surface area (Å²) in [5.74, 6) is -1.64. The Morgan fingerprint density at radius 3 is 0.903 bits per heavy atom. The van der Waals surface area contributed by atoms with Crippen LogP contribution in [-0.2, 0) is 55.8 Å². The van der Waals surface area contributed by atoms with Crippen LogP contribution in [-0.4, -0.2) is 95.9 Å². The molecule has 18 heteroatoms. The van der Waals surface area contributed by atoms with E-state index in [4.69, 9.17) is 32.3 Å². The van der Waals surface area contributed by atoms with E-state index in [2.05, 4.69) is 167 Å². The quantitative estimate of drug-likeness (QED) is 0.0146. The van der Waals surface area contributed by atoms with E-state index in [1.807, 2.05) is 0 Å². The molecule has 0 rings (SSSR count). The molecule has 0 saturated carbocycles. The summed E-state index contributed by atoms with van der Waals surface area (Å²) in [6, 6.07) is 0. The van der Waals surface area contributed by atoms with Crippen LogP contribution in [0.3, 0.4) is 0 Å². The van der Waals surface area contributed by atoms with Gasteiger partial charge in [-0.2, -0.15) is 0 Å². The van der Waals surface area contributed by atoms with E-state index in [-0.39, 0.29) is 19.3 Å². The third kappa shape index (κ3) is 68.6. The fraction of sp³-hybridized carbons (Fsp3) is 0.640. The van der Waals surface area contributed by atoms with E-state index in [0.29, 0.717) is 19.3 Å². The van der Waals surface area contributed by atoms with Crippen molar-refractivity contribution in [2.24, 2.45) is 0 Å². The summed E-state index contributed by atoms with van der Waals surface area (Å²) in [5.41, 5.74) is 0. The molecule has 0 fully saturated rings. The normalized spacial score (nSPS) is 15.0. The van der Waals surface area contributed by atoms with Crippen LogP contribution in [0.2, 0.25) is 0 Å². The zero-order chi connectivity index (χ0) is 68.1. The van der Waals surface area contributed by atoms with Crippen molar-refractivity contribution in [1.82, 2.24) is 0 Å². The third-order valence-corrected chi connectivity index (χ3v) is 15.9. The van der Waals surface area contributed by atoms with Crippen molar-refractivity contribution in [2.45, 2.75) is 270 Å². The molecule has 0 aliphatic heterocycles. The molecule has 5 unspecified atom stereocenters. The molecule has 0 radical (unpaired) electrons. The highest BCUT2D eigenvalue weighted by molar-refractivity contribution is 7.47. The van der Waals surface area contributed by atoms with Crippen LogP contribution in [0.15, 0.2) is 146 Å². The maximum Gasteiger partial charge on any atom is 0.472 e. The number of phosphoric ester groups is 2. The van der Waals surface area contributed by atoms with Crippen molar-refractivity contribution >= 4 is 33.6 Å². The molecule has 0 saturated heterocycles. The van der Waals surface area contributed by atoms with Crippen LogP contribution < -0.4 is 0 Å². The molecule has 530 valence electrons. The fourth-order valence-electron chi connectivity index (χ4n) is 8.71. The number of esters is 3. The van der Waals surface area contributed by atoms with E-state index >= 15 is 0 Å². The molecule has 16 nitrogen and oxygen atoms in total. The number of unbranched alkanes of at least 4 members (excludes halogenated alkanes) is 18. The Morgan fingerprint density at radius 1 is 0.312 bits per heavy atom. The van der Waals surface area contributed by atoms with E-state index in [1.54, 1.807) is 0 Å². The van der Waals surface area contributed by atoms with E-state index in [1.165, 1.54) is 19.3 Å². The van der Waals surface area contributed by atoms with E-state index < -0.39 is 91.5 Å². The number of carbonyl (C=O) groups is 3. The summed E-state index contributed by atoms with van der Waals surface area (Å²) in [7, 11) is -9.80. The average molecular weight is 1340 g/mol. The lowest BCUT2D eigenvalue weighted by atomic mass is 10.1. The Bertz CT molecular complexity index is 2280. The van der Waals surface area contributed by atoms with Gasteiger partial charge in [-0.05, 0) is 141 Å². The number of phosphoric acid groups is 2. The second-order valence-corrected chi connectivity index (χ2v) is 25.8. The van der Waals surface area contributed by atoms with Gasteiger partial charge in [0.1, 0.15) is 25.4 Å². The highest BCUT2D eigenvalue weighted by Crippen LogP contribution is 2.45. The third-order valence-electron chi connectivity index (χ3n) is 14.0. The summed E-state index contributed by atoms with van der Waals surface area (Å²) < 4.78 is 60.9. The van der Waals surface area contributed by atoms with Gasteiger partial charge in [0.2, 0.25) is 0 Å². The Hall–Kier alpha value is -4.57. The number of ether oxygens (including phenoxy) is 3. The number of carbonyl (C=O) groups excluding carboxylic acids is 3. The summed E-state index contributed by atoms with van der Waals surface area (Å²) in [6.45, 7) is 2.33. The number of rotatable bonds is 65. The first kappa shape index (κ1) is 88.4. The van der Waals surface area contributed by atoms with Crippen LogP contribution in [0.1, 0.15) is 252 Å². The first-order valence-corrected chi connectivity index (χ1v) is 38.1. The number of aliphatic hydroxyl groups excluding tert-OH is 2. The van der Waals surface area contributed by atoms with E-state index in [9.17, 15) is 43.5 Å². The SMILES string of the molecule is CC/C=C\C/C=C\C/C=C\C/C=C\C/C=C\CCCCCCCC(=O)OCC(O)COP(=O)(O)OCC(O)COP(=O)(O)OCC(COC(=O)CCCCCCC/C=C\C/C=C\C/C=C\C/C=C\C/C=C\CC)OC(=O)CCCCCCC/C=C\C/C=C\CCCCC. The zero-order valence-corrected chi connectivity index (χ0v) is 59.2. The Kier molecular flexibility index (Phi) is 64.1. The highest BCUT2D eigenvalue weighted by atomic mass is 31.2. The van der Waals surface area contributed by atoms with Crippen molar-refractivity contribution in [3.63, 3.8) is 0 Å². The van der Waals surface area contributed by atoms with Gasteiger partial charge in [-0.1, -0.05) is 237 Å². The highest BCUT2D eigenvalue weighted by Gasteiger charge is 2.29. The van der Waals surface area contributed by atoms with Gasteiger partial charge in [0.25, 0.3) is 0 Å². The summed E-state index contributed by atoms with van der Waals surface area (Å²) in [5, 5.41) is 20.6. The van der Waals surface area contributed by atoms with Crippen molar-refractivity contribution in [3.8, 4) is 0 Å².